The molecule has 20 heavy (non-hydrogen) atoms. The molecule has 1 aromatic carbocycles. The van der Waals surface area contributed by atoms with E-state index in [1.54, 1.807) is 6.07 Å². The Labute approximate surface area is 110 Å². The average Bonchev–Trinajstić information content (AvgIpc) is 2.85. The molecule has 0 amide bonds. The van der Waals surface area contributed by atoms with Gasteiger partial charge in [0.15, 0.2) is 5.82 Å². The maximum absolute atomic E-state index is 13.9. The van der Waals surface area contributed by atoms with Gasteiger partial charge in [0.2, 0.25) is 5.82 Å². The number of carbonyl (C=O) groups is 1. The van der Waals surface area contributed by atoms with E-state index >= 15 is 0 Å². The van der Waals surface area contributed by atoms with E-state index in [1.807, 2.05) is 0 Å². The van der Waals surface area contributed by atoms with Gasteiger partial charge >= 0.3 is 5.97 Å². The Hall–Kier alpha value is -3.28. The maximum atomic E-state index is 13.9. The molecule has 2 rings (SSSR count). The van der Waals surface area contributed by atoms with Gasteiger partial charge in [-0.1, -0.05) is 0 Å². The summed E-state index contributed by atoms with van der Waals surface area (Å²) in [4.78, 5) is 24.3. The van der Waals surface area contributed by atoms with Gasteiger partial charge in [0.05, 0.1) is 16.7 Å². The molecule has 1 N–H and O–H groups in total. The number of carboxylic acid groups (broad SMARTS) is 1. The van der Waals surface area contributed by atoms with Crippen LogP contribution in [0.5, 0.6) is 0 Å². The molecule has 0 spiro atoms. The number of nitro benzene ring substituents is 1. The molecule has 0 atom stereocenters. The number of halogens is 1. The first-order chi connectivity index (χ1) is 9.45. The van der Waals surface area contributed by atoms with Crippen LogP contribution in [-0.4, -0.2) is 25.6 Å². The van der Waals surface area contributed by atoms with Gasteiger partial charge in [-0.3, -0.25) is 14.7 Å². The molecule has 1 heterocycles. The first-order valence-corrected chi connectivity index (χ1v) is 5.10. The fourth-order valence-electron chi connectivity index (χ4n) is 1.64. The molecule has 0 unspecified atom stereocenters. The van der Waals surface area contributed by atoms with Crippen LogP contribution in [0.25, 0.3) is 5.69 Å². The number of nitriles is 1. The van der Waals surface area contributed by atoms with Crippen LogP contribution in [0.1, 0.15) is 16.2 Å². The predicted octanol–water partition coefficient (Wildman–Crippen LogP) is 1.49. The number of nitro groups is 1. The SMILES string of the molecule is N#Cc1nccn1-c1cc(C(=O)O)c([N+](=O)[O-])cc1F. The second-order valence-corrected chi connectivity index (χ2v) is 3.62. The average molecular weight is 276 g/mol. The third kappa shape index (κ3) is 2.05. The van der Waals surface area contributed by atoms with E-state index in [-0.39, 0.29) is 11.5 Å². The van der Waals surface area contributed by atoms with Gasteiger partial charge in [0, 0.05) is 12.4 Å². The molecule has 2 aromatic rings. The molecule has 0 saturated carbocycles. The monoisotopic (exact) mass is 276 g/mol. The Balaban J connectivity index is 2.74. The van der Waals surface area contributed by atoms with E-state index in [1.165, 1.54) is 12.4 Å². The quantitative estimate of drug-likeness (QED) is 0.669. The highest BCUT2D eigenvalue weighted by molar-refractivity contribution is 5.93. The summed E-state index contributed by atoms with van der Waals surface area (Å²) in [6.07, 6.45) is 2.47. The van der Waals surface area contributed by atoms with Gasteiger partial charge in [-0.25, -0.2) is 14.2 Å². The lowest BCUT2D eigenvalue weighted by Gasteiger charge is -2.07. The Morgan fingerprint density at radius 1 is 1.55 bits per heavy atom. The first-order valence-electron chi connectivity index (χ1n) is 5.10. The lowest BCUT2D eigenvalue weighted by Crippen LogP contribution is -2.07. The topological polar surface area (TPSA) is 122 Å². The third-order valence-corrected chi connectivity index (χ3v) is 2.49. The number of benzene rings is 1. The molecular weight excluding hydrogens is 271 g/mol. The van der Waals surface area contributed by atoms with Crippen molar-refractivity contribution in [3.63, 3.8) is 0 Å². The Bertz CT molecular complexity index is 762. The lowest BCUT2D eigenvalue weighted by molar-refractivity contribution is -0.385. The van der Waals surface area contributed by atoms with Crippen LogP contribution in [0.2, 0.25) is 0 Å². The number of imidazole rings is 1. The molecule has 0 fully saturated rings. The van der Waals surface area contributed by atoms with Gasteiger partial charge in [0.1, 0.15) is 11.6 Å². The summed E-state index contributed by atoms with van der Waals surface area (Å²) < 4.78 is 14.9. The fourth-order valence-corrected chi connectivity index (χ4v) is 1.64. The highest BCUT2D eigenvalue weighted by Gasteiger charge is 2.24. The summed E-state index contributed by atoms with van der Waals surface area (Å²) in [6.45, 7) is 0. The normalized spacial score (nSPS) is 10.0. The van der Waals surface area contributed by atoms with Crippen LogP contribution in [0.4, 0.5) is 10.1 Å². The van der Waals surface area contributed by atoms with Crippen molar-refractivity contribution in [3.05, 3.63) is 51.8 Å². The molecule has 0 radical (unpaired) electrons. The van der Waals surface area contributed by atoms with E-state index in [2.05, 4.69) is 4.98 Å². The van der Waals surface area contributed by atoms with Crippen molar-refractivity contribution in [1.29, 1.82) is 5.26 Å². The van der Waals surface area contributed by atoms with E-state index < -0.39 is 28.0 Å². The zero-order chi connectivity index (χ0) is 14.9. The Kier molecular flexibility index (Phi) is 3.14. The van der Waals surface area contributed by atoms with Crippen molar-refractivity contribution in [2.75, 3.05) is 0 Å². The maximum Gasteiger partial charge on any atom is 0.342 e. The minimum atomic E-state index is -1.57. The van der Waals surface area contributed by atoms with Crippen molar-refractivity contribution in [2.24, 2.45) is 0 Å². The van der Waals surface area contributed by atoms with Crippen molar-refractivity contribution in [3.8, 4) is 11.8 Å². The summed E-state index contributed by atoms with van der Waals surface area (Å²) >= 11 is 0. The molecule has 100 valence electrons. The number of hydrogen-bond acceptors (Lipinski definition) is 5. The standard InChI is InChI=1S/C11H5FN4O4/c12-7-4-8(16(19)20)6(11(17)18)3-9(7)15-2-1-14-10(15)5-13/h1-4H,(H,17,18). The van der Waals surface area contributed by atoms with Crippen LogP contribution in [0.15, 0.2) is 24.5 Å². The molecule has 0 aliphatic carbocycles. The predicted molar refractivity (Wildman–Crippen MR) is 61.9 cm³/mol. The number of carboxylic acids is 1. The molecule has 8 nitrogen and oxygen atoms in total. The zero-order valence-corrected chi connectivity index (χ0v) is 9.65. The van der Waals surface area contributed by atoms with Crippen molar-refractivity contribution in [1.82, 2.24) is 9.55 Å². The largest absolute Gasteiger partial charge is 0.477 e. The molecule has 9 heteroatoms. The van der Waals surface area contributed by atoms with E-state index in [0.29, 0.717) is 6.07 Å². The van der Waals surface area contributed by atoms with Gasteiger partial charge in [-0.15, -0.1) is 0 Å². The van der Waals surface area contributed by atoms with Crippen LogP contribution in [0, 0.1) is 27.3 Å². The molecule has 0 aliphatic heterocycles. The third-order valence-electron chi connectivity index (χ3n) is 2.49. The van der Waals surface area contributed by atoms with Crippen molar-refractivity contribution in [2.45, 2.75) is 0 Å². The van der Waals surface area contributed by atoms with Crippen LogP contribution < -0.4 is 0 Å². The highest BCUT2D eigenvalue weighted by atomic mass is 19.1. The lowest BCUT2D eigenvalue weighted by atomic mass is 10.1. The molecule has 1 aromatic heterocycles. The van der Waals surface area contributed by atoms with Gasteiger partial charge < -0.3 is 5.11 Å². The van der Waals surface area contributed by atoms with Crippen LogP contribution in [0.3, 0.4) is 0 Å². The smallest absolute Gasteiger partial charge is 0.342 e. The van der Waals surface area contributed by atoms with Gasteiger partial charge in [-0.2, -0.15) is 5.26 Å². The fraction of sp³-hybridized carbons (Fsp3) is 0. The van der Waals surface area contributed by atoms with E-state index in [4.69, 9.17) is 10.4 Å². The van der Waals surface area contributed by atoms with Crippen LogP contribution >= 0.6 is 0 Å². The van der Waals surface area contributed by atoms with Crippen LogP contribution in [-0.2, 0) is 0 Å². The second-order valence-electron chi connectivity index (χ2n) is 3.62. The number of aromatic nitrogens is 2. The molecule has 0 saturated heterocycles. The first kappa shape index (κ1) is 13.2. The summed E-state index contributed by atoms with van der Waals surface area (Å²) in [6, 6.07) is 2.98. The summed E-state index contributed by atoms with van der Waals surface area (Å²) in [5.41, 5.74) is -1.84. The summed E-state index contributed by atoms with van der Waals surface area (Å²) in [5.74, 6) is -2.78. The van der Waals surface area contributed by atoms with Crippen molar-refractivity contribution >= 4 is 11.7 Å². The molecular formula is C11H5FN4O4. The number of hydrogen-bond donors (Lipinski definition) is 1. The Morgan fingerprint density at radius 3 is 2.80 bits per heavy atom. The summed E-state index contributed by atoms with van der Waals surface area (Å²) in [5, 5.41) is 28.4. The van der Waals surface area contributed by atoms with E-state index in [9.17, 15) is 19.3 Å². The highest BCUT2D eigenvalue weighted by Crippen LogP contribution is 2.26. The molecule has 0 aliphatic rings. The Morgan fingerprint density at radius 2 is 2.25 bits per heavy atom. The second kappa shape index (κ2) is 4.77. The zero-order valence-electron chi connectivity index (χ0n) is 9.65. The number of rotatable bonds is 3. The molecule has 0 bridgehead atoms. The van der Waals surface area contributed by atoms with Crippen molar-refractivity contribution < 1.29 is 19.2 Å². The summed E-state index contributed by atoms with van der Waals surface area (Å²) in [7, 11) is 0. The number of nitrogens with zero attached hydrogens (tertiary/aromatic N) is 4. The number of aromatic carboxylic acids is 1. The minimum Gasteiger partial charge on any atom is -0.477 e. The van der Waals surface area contributed by atoms with E-state index in [0.717, 1.165) is 10.6 Å². The van der Waals surface area contributed by atoms with Gasteiger partial charge in [0.25, 0.3) is 5.69 Å². The minimum absolute atomic E-state index is 0.172. The van der Waals surface area contributed by atoms with Gasteiger partial charge in [-0.05, 0) is 6.07 Å².